The molecule has 1 saturated heterocycles. The minimum absolute atomic E-state index is 0.354. The molecule has 4 aromatic heterocycles. The summed E-state index contributed by atoms with van der Waals surface area (Å²) in [5.74, 6) is 1.89. The molecule has 0 saturated carbocycles. The highest BCUT2D eigenvalue weighted by molar-refractivity contribution is 5.83. The summed E-state index contributed by atoms with van der Waals surface area (Å²) in [6, 6.07) is 28.0. The van der Waals surface area contributed by atoms with Crippen LogP contribution in [-0.2, 0) is 6.42 Å². The summed E-state index contributed by atoms with van der Waals surface area (Å²) in [5.41, 5.74) is 13.7. The fourth-order valence-corrected chi connectivity index (χ4v) is 6.48. The number of nitrogens with zero attached hydrogens (tertiary/aromatic N) is 7. The Labute approximate surface area is 243 Å². The van der Waals surface area contributed by atoms with Gasteiger partial charge < -0.3 is 16.0 Å². The average Bonchev–Trinajstić information content (AvgIpc) is 3.84. The zero-order chi connectivity index (χ0) is 28.0. The Morgan fingerprint density at radius 1 is 0.857 bits per heavy atom. The molecule has 2 atom stereocenters. The van der Waals surface area contributed by atoms with Crippen LogP contribution >= 0.6 is 0 Å². The molecule has 2 aromatic carbocycles. The lowest BCUT2D eigenvalue weighted by atomic mass is 10.1. The van der Waals surface area contributed by atoms with Crippen LogP contribution in [0, 0.1) is 0 Å². The Balaban J connectivity index is 1.14. The minimum Gasteiger partial charge on any atom is -0.383 e. The molecule has 6 aromatic rings. The molecule has 1 unspecified atom stereocenters. The first-order valence-corrected chi connectivity index (χ1v) is 14.5. The van der Waals surface area contributed by atoms with Gasteiger partial charge in [-0.3, -0.25) is 4.57 Å². The Morgan fingerprint density at radius 2 is 1.79 bits per heavy atom. The predicted octanol–water partition coefficient (Wildman–Crippen LogP) is 5.11. The van der Waals surface area contributed by atoms with Crippen LogP contribution in [0.25, 0.3) is 34.1 Å². The molecule has 0 spiro atoms. The van der Waals surface area contributed by atoms with Gasteiger partial charge in [-0.25, -0.2) is 19.6 Å². The number of nitrogens with two attached hydrogens (primary N) is 1. The number of nitrogen functional groups attached to an aromatic ring is 1. The summed E-state index contributed by atoms with van der Waals surface area (Å²) in [4.78, 5) is 16.8. The van der Waals surface area contributed by atoms with E-state index in [1.165, 1.54) is 16.8 Å². The smallest absolute Gasteiger partial charge is 0.167 e. The molecule has 0 amide bonds. The van der Waals surface area contributed by atoms with Crippen LogP contribution < -0.4 is 16.0 Å². The van der Waals surface area contributed by atoms with Gasteiger partial charge in [0, 0.05) is 55.1 Å². The lowest BCUT2D eigenvalue weighted by Crippen LogP contribution is -2.34. The van der Waals surface area contributed by atoms with Gasteiger partial charge in [0.15, 0.2) is 17.3 Å². The number of hydrogen-bond acceptors (Lipinski definition) is 7. The van der Waals surface area contributed by atoms with E-state index in [4.69, 9.17) is 15.7 Å². The number of pyridine rings is 2. The van der Waals surface area contributed by atoms with Crippen molar-refractivity contribution in [2.45, 2.75) is 31.3 Å². The van der Waals surface area contributed by atoms with E-state index in [0.717, 1.165) is 66.4 Å². The number of rotatable bonds is 6. The molecule has 0 bridgehead atoms. The van der Waals surface area contributed by atoms with Gasteiger partial charge in [-0.15, -0.1) is 0 Å². The SMILES string of the molecule is Nc1ncccc1-c1nc2ccc(-n3cccn3)nc2n1-c1ccc2c(c1)CCC2N[C@@H]1CCN(c2ccccc2)C1. The molecule has 3 N–H and O–H groups in total. The van der Waals surface area contributed by atoms with Crippen molar-refractivity contribution in [3.05, 3.63) is 109 Å². The highest BCUT2D eigenvalue weighted by Crippen LogP contribution is 2.36. The van der Waals surface area contributed by atoms with Gasteiger partial charge in [-0.05, 0) is 85.0 Å². The Morgan fingerprint density at radius 3 is 2.64 bits per heavy atom. The standard InChI is InChI=1S/C33H31N9/c34-31-27(8-4-16-35-31)32-38-29-13-14-30(41-18-5-17-36-41)39-33(29)42(32)25-10-11-26-22(20-25)9-12-28(26)37-23-15-19-40(21-23)24-6-2-1-3-7-24/h1-8,10-11,13-14,16-18,20,23,28,37H,9,12,15,19,21H2,(H2,34,35)/t23-,28?/m1/s1. The third kappa shape index (κ3) is 4.29. The van der Waals surface area contributed by atoms with Crippen molar-refractivity contribution in [1.82, 2.24) is 34.6 Å². The Kier molecular flexibility index (Phi) is 5.96. The van der Waals surface area contributed by atoms with Crippen molar-refractivity contribution in [2.75, 3.05) is 23.7 Å². The van der Waals surface area contributed by atoms with E-state index in [0.29, 0.717) is 17.9 Å². The van der Waals surface area contributed by atoms with Crippen molar-refractivity contribution < 1.29 is 0 Å². The zero-order valence-electron chi connectivity index (χ0n) is 23.1. The predicted molar refractivity (Wildman–Crippen MR) is 165 cm³/mol. The van der Waals surface area contributed by atoms with E-state index < -0.39 is 0 Å². The van der Waals surface area contributed by atoms with Gasteiger partial charge >= 0.3 is 0 Å². The number of nitrogens with one attached hydrogen (secondary N) is 1. The van der Waals surface area contributed by atoms with Gasteiger partial charge in [0.1, 0.15) is 11.3 Å². The molecule has 1 aliphatic heterocycles. The van der Waals surface area contributed by atoms with Crippen LogP contribution in [0.15, 0.2) is 97.5 Å². The lowest BCUT2D eigenvalue weighted by molar-refractivity contribution is 0.454. The topological polar surface area (TPSA) is 103 Å². The highest BCUT2D eigenvalue weighted by atomic mass is 15.3. The van der Waals surface area contributed by atoms with Crippen LogP contribution in [-0.4, -0.2) is 48.4 Å². The second-order valence-electron chi connectivity index (χ2n) is 11.1. The second-order valence-corrected chi connectivity index (χ2v) is 11.1. The first-order valence-electron chi connectivity index (χ1n) is 14.5. The number of fused-ring (bicyclic) bond motifs is 2. The summed E-state index contributed by atoms with van der Waals surface area (Å²) >= 11 is 0. The van der Waals surface area contributed by atoms with Crippen molar-refractivity contribution in [1.29, 1.82) is 0 Å². The van der Waals surface area contributed by atoms with Gasteiger partial charge in [0.2, 0.25) is 0 Å². The fourth-order valence-electron chi connectivity index (χ4n) is 6.48. The number of aromatic nitrogens is 6. The number of anilines is 2. The largest absolute Gasteiger partial charge is 0.383 e. The van der Waals surface area contributed by atoms with Crippen LogP contribution in [0.4, 0.5) is 11.5 Å². The maximum Gasteiger partial charge on any atom is 0.167 e. The molecule has 1 fully saturated rings. The van der Waals surface area contributed by atoms with E-state index in [2.05, 4.69) is 73.4 Å². The van der Waals surface area contributed by atoms with Crippen LogP contribution in [0.1, 0.15) is 30.0 Å². The van der Waals surface area contributed by atoms with E-state index in [9.17, 15) is 0 Å². The summed E-state index contributed by atoms with van der Waals surface area (Å²) < 4.78 is 3.86. The maximum atomic E-state index is 6.35. The molecule has 5 heterocycles. The Hall–Kier alpha value is -5.02. The van der Waals surface area contributed by atoms with Gasteiger partial charge in [0.25, 0.3) is 0 Å². The number of aryl methyl sites for hydroxylation is 1. The number of imidazole rings is 1. The second kappa shape index (κ2) is 10.1. The number of para-hydroxylation sites is 1. The van der Waals surface area contributed by atoms with Crippen molar-refractivity contribution >= 4 is 22.7 Å². The van der Waals surface area contributed by atoms with Crippen LogP contribution in [0.5, 0.6) is 0 Å². The van der Waals surface area contributed by atoms with E-state index in [1.807, 2.05) is 36.5 Å². The molecular formula is C33H31N9. The monoisotopic (exact) mass is 553 g/mol. The van der Waals surface area contributed by atoms with Crippen molar-refractivity contribution in [3.8, 4) is 22.9 Å². The molecule has 2 aliphatic rings. The van der Waals surface area contributed by atoms with Gasteiger partial charge in [0.05, 0.1) is 5.56 Å². The summed E-state index contributed by atoms with van der Waals surface area (Å²) in [5, 5.41) is 8.36. The highest BCUT2D eigenvalue weighted by Gasteiger charge is 2.29. The summed E-state index contributed by atoms with van der Waals surface area (Å²) in [7, 11) is 0. The molecule has 1 aliphatic carbocycles. The fraction of sp³-hybridized carbons (Fsp3) is 0.212. The quantitative estimate of drug-likeness (QED) is 0.296. The normalized spacial score (nSPS) is 18.1. The van der Waals surface area contributed by atoms with E-state index in [-0.39, 0.29) is 0 Å². The number of benzene rings is 2. The molecule has 9 nitrogen and oxygen atoms in total. The average molecular weight is 554 g/mol. The lowest BCUT2D eigenvalue weighted by Gasteiger charge is -2.22. The van der Waals surface area contributed by atoms with E-state index >= 15 is 0 Å². The molecular weight excluding hydrogens is 522 g/mol. The molecule has 8 rings (SSSR count). The summed E-state index contributed by atoms with van der Waals surface area (Å²) in [6.07, 6.45) is 8.61. The summed E-state index contributed by atoms with van der Waals surface area (Å²) in [6.45, 7) is 2.12. The number of hydrogen-bond donors (Lipinski definition) is 2. The van der Waals surface area contributed by atoms with E-state index in [1.54, 1.807) is 17.1 Å². The first-order chi connectivity index (χ1) is 20.7. The zero-order valence-corrected chi connectivity index (χ0v) is 23.1. The molecule has 42 heavy (non-hydrogen) atoms. The van der Waals surface area contributed by atoms with Crippen LogP contribution in [0.3, 0.4) is 0 Å². The van der Waals surface area contributed by atoms with Crippen molar-refractivity contribution in [2.24, 2.45) is 0 Å². The van der Waals surface area contributed by atoms with Crippen LogP contribution in [0.2, 0.25) is 0 Å². The first kappa shape index (κ1) is 24.8. The maximum absolute atomic E-state index is 6.35. The third-order valence-electron chi connectivity index (χ3n) is 8.52. The molecule has 208 valence electrons. The van der Waals surface area contributed by atoms with Gasteiger partial charge in [-0.1, -0.05) is 24.3 Å². The molecule has 0 radical (unpaired) electrons. The Bertz CT molecular complexity index is 1880. The van der Waals surface area contributed by atoms with Crippen molar-refractivity contribution in [3.63, 3.8) is 0 Å². The van der Waals surface area contributed by atoms with Gasteiger partial charge in [-0.2, -0.15) is 5.10 Å². The third-order valence-corrected chi connectivity index (χ3v) is 8.52. The molecule has 9 heteroatoms. The minimum atomic E-state index is 0.354.